The Morgan fingerprint density at radius 3 is 2.65 bits per heavy atom. The summed E-state index contributed by atoms with van der Waals surface area (Å²) < 4.78 is 0. The zero-order valence-corrected chi connectivity index (χ0v) is 15.1. The summed E-state index contributed by atoms with van der Waals surface area (Å²) in [4.78, 5) is 7.70. The molecule has 0 spiro atoms. The Balaban J connectivity index is 1.79. The second kappa shape index (κ2) is 4.72. The van der Waals surface area contributed by atoms with Gasteiger partial charge in [0.05, 0.1) is 5.52 Å². The van der Waals surface area contributed by atoms with E-state index in [-0.39, 0.29) is 0 Å². The first-order valence-electron chi connectivity index (χ1n) is 8.89. The number of hydrogen-bond acceptors (Lipinski definition) is 2. The van der Waals surface area contributed by atoms with Gasteiger partial charge in [0.25, 0.3) is 0 Å². The fourth-order valence-electron chi connectivity index (χ4n) is 5.37. The number of aromatic nitrogens is 1. The highest BCUT2D eigenvalue weighted by atomic mass is 15.3. The molecule has 1 aromatic heterocycles. The maximum atomic E-state index is 5.08. The topological polar surface area (TPSA) is 16.1 Å². The summed E-state index contributed by atoms with van der Waals surface area (Å²) in [5.41, 5.74) is 4.63. The Bertz CT molecular complexity index is 777. The molecule has 2 aliphatic rings. The van der Waals surface area contributed by atoms with Crippen LogP contribution in [0.4, 0.5) is 5.82 Å². The molecule has 23 heavy (non-hydrogen) atoms. The fourth-order valence-corrected chi connectivity index (χ4v) is 5.37. The summed E-state index contributed by atoms with van der Waals surface area (Å²) in [6.45, 7) is 12.9. The zero-order chi connectivity index (χ0) is 16.4. The van der Waals surface area contributed by atoms with E-state index in [1.807, 2.05) is 0 Å². The second-order valence-electron chi connectivity index (χ2n) is 9.17. The molecular formula is C21H28N2. The van der Waals surface area contributed by atoms with Gasteiger partial charge in [0.2, 0.25) is 0 Å². The summed E-state index contributed by atoms with van der Waals surface area (Å²) in [6, 6.07) is 9.55. The van der Waals surface area contributed by atoms with Gasteiger partial charge in [-0.1, -0.05) is 32.9 Å². The predicted octanol–water partition coefficient (Wildman–Crippen LogP) is 5.26. The molecule has 2 nitrogen and oxygen atoms in total. The maximum absolute atomic E-state index is 5.08. The SMILES string of the molecule is Cc1ccc2cc(C)c(N3C[C@@]4(C)C[C@H]3CC(C)(C)C4)nc2c1. The average Bonchev–Trinajstić information content (AvgIpc) is 2.67. The molecule has 0 N–H and O–H groups in total. The van der Waals surface area contributed by atoms with Gasteiger partial charge in [-0.15, -0.1) is 0 Å². The molecule has 1 aromatic carbocycles. The lowest BCUT2D eigenvalue weighted by Crippen LogP contribution is -2.35. The van der Waals surface area contributed by atoms with Gasteiger partial charge in [0.1, 0.15) is 5.82 Å². The molecular weight excluding hydrogens is 280 g/mol. The van der Waals surface area contributed by atoms with E-state index >= 15 is 0 Å². The Hall–Kier alpha value is -1.57. The van der Waals surface area contributed by atoms with Gasteiger partial charge in [-0.2, -0.15) is 0 Å². The summed E-state index contributed by atoms with van der Waals surface area (Å²) in [6.07, 6.45) is 3.94. The van der Waals surface area contributed by atoms with E-state index in [4.69, 9.17) is 4.98 Å². The van der Waals surface area contributed by atoms with Gasteiger partial charge in [-0.3, -0.25) is 0 Å². The molecule has 1 saturated carbocycles. The molecule has 4 rings (SSSR count). The Morgan fingerprint density at radius 2 is 1.87 bits per heavy atom. The van der Waals surface area contributed by atoms with Crippen molar-refractivity contribution in [2.45, 2.75) is 59.9 Å². The lowest BCUT2D eigenvalue weighted by molar-refractivity contribution is 0.136. The average molecular weight is 308 g/mol. The molecule has 122 valence electrons. The lowest BCUT2D eigenvalue weighted by atomic mass is 9.65. The van der Waals surface area contributed by atoms with E-state index in [2.05, 4.69) is 63.8 Å². The first kappa shape index (κ1) is 15.0. The lowest BCUT2D eigenvalue weighted by Gasteiger charge is -2.39. The van der Waals surface area contributed by atoms with Gasteiger partial charge in [-0.25, -0.2) is 4.98 Å². The molecule has 0 amide bonds. The van der Waals surface area contributed by atoms with Crippen LogP contribution in [0.5, 0.6) is 0 Å². The highest BCUT2D eigenvalue weighted by molar-refractivity contribution is 5.82. The predicted molar refractivity (Wildman–Crippen MR) is 98.1 cm³/mol. The van der Waals surface area contributed by atoms with Crippen LogP contribution in [0, 0.1) is 24.7 Å². The van der Waals surface area contributed by atoms with E-state index in [9.17, 15) is 0 Å². The first-order chi connectivity index (χ1) is 10.7. The maximum Gasteiger partial charge on any atom is 0.132 e. The molecule has 2 heteroatoms. The number of hydrogen-bond donors (Lipinski definition) is 0. The van der Waals surface area contributed by atoms with Crippen molar-refractivity contribution in [3.05, 3.63) is 35.4 Å². The number of anilines is 1. The zero-order valence-electron chi connectivity index (χ0n) is 15.1. The van der Waals surface area contributed by atoms with Crippen molar-refractivity contribution in [2.24, 2.45) is 10.8 Å². The van der Waals surface area contributed by atoms with Gasteiger partial charge in [0.15, 0.2) is 0 Å². The smallest absolute Gasteiger partial charge is 0.132 e. The quantitative estimate of drug-likeness (QED) is 0.714. The highest BCUT2D eigenvalue weighted by Gasteiger charge is 2.50. The van der Waals surface area contributed by atoms with Gasteiger partial charge in [0, 0.05) is 18.0 Å². The van der Waals surface area contributed by atoms with Crippen molar-refractivity contribution in [2.75, 3.05) is 11.4 Å². The van der Waals surface area contributed by atoms with E-state index in [0.29, 0.717) is 16.9 Å². The van der Waals surface area contributed by atoms with Crippen LogP contribution in [-0.2, 0) is 0 Å². The number of nitrogens with zero attached hydrogens (tertiary/aromatic N) is 2. The third kappa shape index (κ3) is 2.52. The summed E-state index contributed by atoms with van der Waals surface area (Å²) in [5, 5.41) is 1.26. The summed E-state index contributed by atoms with van der Waals surface area (Å²) in [7, 11) is 0. The van der Waals surface area contributed by atoms with Gasteiger partial charge < -0.3 is 4.90 Å². The summed E-state index contributed by atoms with van der Waals surface area (Å²) in [5.74, 6) is 1.22. The van der Waals surface area contributed by atoms with E-state index in [1.165, 1.54) is 41.6 Å². The van der Waals surface area contributed by atoms with Crippen LogP contribution < -0.4 is 4.90 Å². The number of benzene rings is 1. The molecule has 1 aliphatic heterocycles. The van der Waals surface area contributed by atoms with Crippen LogP contribution in [0.2, 0.25) is 0 Å². The molecule has 2 aromatic rings. The van der Waals surface area contributed by atoms with Crippen molar-refractivity contribution in [3.63, 3.8) is 0 Å². The molecule has 2 bridgehead atoms. The first-order valence-corrected chi connectivity index (χ1v) is 8.89. The Kier molecular flexibility index (Phi) is 3.07. The number of fused-ring (bicyclic) bond motifs is 3. The Labute approximate surface area is 139 Å². The van der Waals surface area contributed by atoms with E-state index < -0.39 is 0 Å². The van der Waals surface area contributed by atoms with Crippen LogP contribution in [0.25, 0.3) is 10.9 Å². The monoisotopic (exact) mass is 308 g/mol. The highest BCUT2D eigenvalue weighted by Crippen LogP contribution is 2.53. The van der Waals surface area contributed by atoms with Crippen LogP contribution >= 0.6 is 0 Å². The normalized spacial score (nSPS) is 29.3. The van der Waals surface area contributed by atoms with Crippen LogP contribution in [0.15, 0.2) is 24.3 Å². The second-order valence-corrected chi connectivity index (χ2v) is 9.17. The molecule has 0 radical (unpaired) electrons. The van der Waals surface area contributed by atoms with Crippen molar-refractivity contribution in [1.29, 1.82) is 0 Å². The minimum atomic E-state index is 0.447. The largest absolute Gasteiger partial charge is 0.353 e. The van der Waals surface area contributed by atoms with Gasteiger partial charge >= 0.3 is 0 Å². The van der Waals surface area contributed by atoms with Crippen LogP contribution in [-0.4, -0.2) is 17.6 Å². The minimum absolute atomic E-state index is 0.447. The summed E-state index contributed by atoms with van der Waals surface area (Å²) >= 11 is 0. The fraction of sp³-hybridized carbons (Fsp3) is 0.571. The molecule has 2 atom stereocenters. The molecule has 1 saturated heterocycles. The van der Waals surface area contributed by atoms with Crippen molar-refractivity contribution in [3.8, 4) is 0 Å². The van der Waals surface area contributed by atoms with Crippen molar-refractivity contribution >= 4 is 16.7 Å². The molecule has 1 aliphatic carbocycles. The van der Waals surface area contributed by atoms with Gasteiger partial charge in [-0.05, 0) is 67.2 Å². The van der Waals surface area contributed by atoms with E-state index in [0.717, 1.165) is 12.1 Å². The van der Waals surface area contributed by atoms with Crippen molar-refractivity contribution in [1.82, 2.24) is 4.98 Å². The molecule has 2 heterocycles. The van der Waals surface area contributed by atoms with Crippen molar-refractivity contribution < 1.29 is 0 Å². The van der Waals surface area contributed by atoms with E-state index in [1.54, 1.807) is 0 Å². The number of rotatable bonds is 1. The van der Waals surface area contributed by atoms with Crippen LogP contribution in [0.1, 0.15) is 51.2 Å². The molecule has 2 fully saturated rings. The number of pyridine rings is 1. The third-order valence-electron chi connectivity index (χ3n) is 5.82. The standard InChI is InChI=1S/C21H28N2/c1-14-6-7-16-9-15(2)19(22-18(16)8-14)23-13-21(5)11-17(23)10-20(3,4)12-21/h6-9,17H,10-13H2,1-5H3/t17-,21+/m1/s1. The van der Waals surface area contributed by atoms with Crippen LogP contribution in [0.3, 0.4) is 0 Å². The Morgan fingerprint density at radius 1 is 1.09 bits per heavy atom. The number of aryl methyl sites for hydroxylation is 2. The third-order valence-corrected chi connectivity index (χ3v) is 5.82. The molecule has 0 unspecified atom stereocenters. The minimum Gasteiger partial charge on any atom is -0.353 e.